The summed E-state index contributed by atoms with van der Waals surface area (Å²) < 4.78 is 0. The van der Waals surface area contributed by atoms with Crippen molar-refractivity contribution in [1.29, 1.82) is 0 Å². The summed E-state index contributed by atoms with van der Waals surface area (Å²) in [6, 6.07) is 0. The lowest BCUT2D eigenvalue weighted by molar-refractivity contribution is 0.158. The van der Waals surface area contributed by atoms with E-state index in [0.29, 0.717) is 18.4 Å². The summed E-state index contributed by atoms with van der Waals surface area (Å²) in [5, 5.41) is 9.25. The van der Waals surface area contributed by atoms with Gasteiger partial charge in [-0.2, -0.15) is 0 Å². The van der Waals surface area contributed by atoms with E-state index in [1.807, 2.05) is 0 Å². The molecule has 1 fully saturated rings. The van der Waals surface area contributed by atoms with Crippen LogP contribution in [0.25, 0.3) is 0 Å². The number of aliphatic hydroxyl groups excluding tert-OH is 1. The highest BCUT2D eigenvalue weighted by Crippen LogP contribution is 2.49. The zero-order valence-electron chi connectivity index (χ0n) is 7.74. The van der Waals surface area contributed by atoms with Crippen LogP contribution in [0.4, 0.5) is 0 Å². The molecule has 2 aliphatic carbocycles. The number of hydrogen-bond donors (Lipinski definition) is 1. The highest BCUT2D eigenvalue weighted by atomic mass is 16.3. The molecule has 2 rings (SSSR count). The second-order valence-electron chi connectivity index (χ2n) is 4.25. The van der Waals surface area contributed by atoms with Crippen molar-refractivity contribution in [3.63, 3.8) is 0 Å². The van der Waals surface area contributed by atoms with Crippen LogP contribution >= 0.6 is 0 Å². The lowest BCUT2D eigenvalue weighted by Gasteiger charge is -2.25. The first kappa shape index (κ1) is 8.31. The smallest absolute Gasteiger partial charge is 0.0467 e. The molecule has 0 radical (unpaired) electrons. The van der Waals surface area contributed by atoms with E-state index in [1.165, 1.54) is 19.3 Å². The quantitative estimate of drug-likeness (QED) is 0.637. The molecule has 2 bridgehead atoms. The highest BCUT2D eigenvalue weighted by Gasteiger charge is 2.42. The van der Waals surface area contributed by atoms with Crippen LogP contribution < -0.4 is 0 Å². The third-order valence-electron chi connectivity index (χ3n) is 3.63. The van der Waals surface area contributed by atoms with Crippen LogP contribution in [-0.2, 0) is 0 Å². The van der Waals surface area contributed by atoms with E-state index in [4.69, 9.17) is 0 Å². The van der Waals surface area contributed by atoms with Gasteiger partial charge in [0.2, 0.25) is 0 Å². The van der Waals surface area contributed by atoms with E-state index in [1.54, 1.807) is 0 Å². The third kappa shape index (κ3) is 1.11. The predicted octanol–water partition coefficient (Wildman–Crippen LogP) is 2.22. The van der Waals surface area contributed by atoms with Crippen LogP contribution in [0, 0.1) is 23.7 Å². The minimum Gasteiger partial charge on any atom is -0.396 e. The van der Waals surface area contributed by atoms with Crippen LogP contribution in [0.1, 0.15) is 26.2 Å². The first-order valence-electron chi connectivity index (χ1n) is 5.16. The SMILES string of the molecule is CCCC1C2C=CC(C2)C1CO. The molecule has 4 atom stereocenters. The number of allylic oxidation sites excluding steroid dienone is 2. The van der Waals surface area contributed by atoms with Gasteiger partial charge in [0.15, 0.2) is 0 Å². The zero-order chi connectivity index (χ0) is 8.55. The molecule has 2 aliphatic rings. The van der Waals surface area contributed by atoms with E-state index in [-0.39, 0.29) is 0 Å². The molecule has 1 nitrogen and oxygen atoms in total. The van der Waals surface area contributed by atoms with Gasteiger partial charge in [0.05, 0.1) is 0 Å². The Morgan fingerprint density at radius 1 is 1.25 bits per heavy atom. The molecule has 0 aromatic carbocycles. The molecule has 4 unspecified atom stereocenters. The second-order valence-corrected chi connectivity index (χ2v) is 4.25. The normalized spacial score (nSPS) is 44.2. The van der Waals surface area contributed by atoms with Gasteiger partial charge in [0.25, 0.3) is 0 Å². The molecule has 1 N–H and O–H groups in total. The molecule has 68 valence electrons. The zero-order valence-corrected chi connectivity index (χ0v) is 7.74. The fourth-order valence-electron chi connectivity index (χ4n) is 3.06. The maximum absolute atomic E-state index is 9.25. The van der Waals surface area contributed by atoms with Crippen LogP contribution in [0.15, 0.2) is 12.2 Å². The third-order valence-corrected chi connectivity index (χ3v) is 3.63. The van der Waals surface area contributed by atoms with Crippen molar-refractivity contribution in [1.82, 2.24) is 0 Å². The first-order valence-corrected chi connectivity index (χ1v) is 5.16. The molecular formula is C11H18O. The molecule has 0 aromatic heterocycles. The lowest BCUT2D eigenvalue weighted by Crippen LogP contribution is -2.22. The van der Waals surface area contributed by atoms with Gasteiger partial charge < -0.3 is 5.11 Å². The van der Waals surface area contributed by atoms with E-state index >= 15 is 0 Å². The van der Waals surface area contributed by atoms with Crippen molar-refractivity contribution in [2.75, 3.05) is 6.61 Å². The van der Waals surface area contributed by atoms with Crippen LogP contribution in [0.2, 0.25) is 0 Å². The molecule has 0 heterocycles. The summed E-state index contributed by atoms with van der Waals surface area (Å²) in [4.78, 5) is 0. The van der Waals surface area contributed by atoms with E-state index in [2.05, 4.69) is 19.1 Å². The number of hydrogen-bond acceptors (Lipinski definition) is 1. The molecule has 12 heavy (non-hydrogen) atoms. The maximum Gasteiger partial charge on any atom is 0.0467 e. The van der Waals surface area contributed by atoms with Crippen molar-refractivity contribution >= 4 is 0 Å². The Bertz CT molecular complexity index is 185. The van der Waals surface area contributed by atoms with Crippen LogP contribution in [0.5, 0.6) is 0 Å². The molecule has 0 saturated heterocycles. The maximum atomic E-state index is 9.25. The molecule has 0 aliphatic heterocycles. The Morgan fingerprint density at radius 2 is 1.92 bits per heavy atom. The van der Waals surface area contributed by atoms with Gasteiger partial charge in [-0.3, -0.25) is 0 Å². The predicted molar refractivity (Wildman–Crippen MR) is 49.7 cm³/mol. The summed E-state index contributed by atoms with van der Waals surface area (Å²) in [5.41, 5.74) is 0. The molecule has 0 amide bonds. The van der Waals surface area contributed by atoms with E-state index in [0.717, 1.165) is 11.8 Å². The van der Waals surface area contributed by atoms with Crippen LogP contribution in [-0.4, -0.2) is 11.7 Å². The minimum atomic E-state index is 0.399. The van der Waals surface area contributed by atoms with Gasteiger partial charge in [0, 0.05) is 6.61 Å². The topological polar surface area (TPSA) is 20.2 Å². The van der Waals surface area contributed by atoms with Gasteiger partial charge in [-0.1, -0.05) is 25.5 Å². The summed E-state index contributed by atoms with van der Waals surface area (Å²) in [6.07, 6.45) is 8.57. The lowest BCUT2D eigenvalue weighted by atomic mass is 9.81. The largest absolute Gasteiger partial charge is 0.396 e. The Morgan fingerprint density at radius 3 is 2.50 bits per heavy atom. The summed E-state index contributed by atoms with van der Waals surface area (Å²) in [7, 11) is 0. The average molecular weight is 166 g/mol. The van der Waals surface area contributed by atoms with E-state index < -0.39 is 0 Å². The van der Waals surface area contributed by atoms with Crippen molar-refractivity contribution in [3.05, 3.63) is 12.2 Å². The Balaban J connectivity index is 2.07. The number of aliphatic hydroxyl groups is 1. The van der Waals surface area contributed by atoms with Gasteiger partial charge in [-0.05, 0) is 36.5 Å². The Hall–Kier alpha value is -0.300. The monoisotopic (exact) mass is 166 g/mol. The van der Waals surface area contributed by atoms with Crippen molar-refractivity contribution < 1.29 is 5.11 Å². The second kappa shape index (κ2) is 3.21. The molecule has 0 spiro atoms. The number of rotatable bonds is 3. The summed E-state index contributed by atoms with van der Waals surface area (Å²) >= 11 is 0. The highest BCUT2D eigenvalue weighted by molar-refractivity contribution is 5.13. The summed E-state index contributed by atoms with van der Waals surface area (Å²) in [6.45, 7) is 2.64. The van der Waals surface area contributed by atoms with Crippen molar-refractivity contribution in [2.24, 2.45) is 23.7 Å². The molecule has 1 saturated carbocycles. The Kier molecular flexibility index (Phi) is 2.22. The van der Waals surface area contributed by atoms with Crippen LogP contribution in [0.3, 0.4) is 0 Å². The molecule has 1 heteroatoms. The summed E-state index contributed by atoms with van der Waals surface area (Å²) in [5.74, 6) is 2.87. The van der Waals surface area contributed by atoms with E-state index in [9.17, 15) is 5.11 Å². The van der Waals surface area contributed by atoms with Gasteiger partial charge in [-0.25, -0.2) is 0 Å². The standard InChI is InChI=1S/C11H18O/c1-2-3-10-8-4-5-9(6-8)11(10)7-12/h4-5,8-12H,2-3,6-7H2,1H3. The fourth-order valence-corrected chi connectivity index (χ4v) is 3.06. The first-order chi connectivity index (χ1) is 5.86. The average Bonchev–Trinajstić information content (AvgIpc) is 2.64. The Labute approximate surface area is 74.5 Å². The fraction of sp³-hybridized carbons (Fsp3) is 0.818. The van der Waals surface area contributed by atoms with Crippen molar-refractivity contribution in [2.45, 2.75) is 26.2 Å². The molecule has 0 aromatic rings. The molecular weight excluding hydrogens is 148 g/mol. The van der Waals surface area contributed by atoms with Gasteiger partial charge >= 0.3 is 0 Å². The number of fused-ring (bicyclic) bond motifs is 2. The van der Waals surface area contributed by atoms with Crippen molar-refractivity contribution in [3.8, 4) is 0 Å². The minimum absolute atomic E-state index is 0.399. The van der Waals surface area contributed by atoms with Gasteiger partial charge in [0.1, 0.15) is 0 Å². The van der Waals surface area contributed by atoms with Gasteiger partial charge in [-0.15, -0.1) is 0 Å².